The molecule has 0 unspecified atom stereocenters. The molecule has 4 nitrogen and oxygen atoms in total. The van der Waals surface area contributed by atoms with Crippen LogP contribution in [-0.4, -0.2) is 32.9 Å². The maximum Gasteiger partial charge on any atom is 0.123 e. The van der Waals surface area contributed by atoms with Gasteiger partial charge in [0.15, 0.2) is 0 Å². The fourth-order valence-electron chi connectivity index (χ4n) is 3.02. The van der Waals surface area contributed by atoms with E-state index in [-0.39, 0.29) is 12.4 Å². The second kappa shape index (κ2) is 8.74. The molecule has 1 heterocycles. The minimum absolute atomic E-state index is 0.164. The Labute approximate surface area is 153 Å². The molecule has 0 saturated heterocycles. The minimum atomic E-state index is -0.222. The van der Waals surface area contributed by atoms with Gasteiger partial charge in [-0.15, -0.1) is 0 Å². The van der Waals surface area contributed by atoms with Gasteiger partial charge in [0.05, 0.1) is 5.69 Å². The van der Waals surface area contributed by atoms with Crippen molar-refractivity contribution in [2.24, 2.45) is 0 Å². The molecule has 0 spiro atoms. The molecule has 1 N–H and O–H groups in total. The number of aromatic nitrogens is 2. The quantitative estimate of drug-likeness (QED) is 0.671. The molecule has 0 saturated carbocycles. The average molecular weight is 353 g/mol. The molecule has 0 aliphatic carbocycles. The zero-order valence-electron chi connectivity index (χ0n) is 15.0. The normalized spacial score (nSPS) is 11.2. The molecule has 3 aromatic rings. The molecule has 136 valence electrons. The zero-order valence-corrected chi connectivity index (χ0v) is 15.0. The first kappa shape index (κ1) is 18.3. The van der Waals surface area contributed by atoms with Crippen molar-refractivity contribution in [3.8, 4) is 5.69 Å². The van der Waals surface area contributed by atoms with Crippen LogP contribution in [0.5, 0.6) is 0 Å². The van der Waals surface area contributed by atoms with E-state index in [0.29, 0.717) is 6.42 Å². The van der Waals surface area contributed by atoms with Gasteiger partial charge in [0.2, 0.25) is 0 Å². The van der Waals surface area contributed by atoms with Gasteiger partial charge in [-0.1, -0.05) is 18.2 Å². The molecule has 3 rings (SSSR count). The number of nitrogens with zero attached hydrogens (tertiary/aromatic N) is 3. The topological polar surface area (TPSA) is 41.3 Å². The molecule has 5 heteroatoms. The number of aliphatic hydroxyl groups excluding tert-OH is 1. The molecule has 0 aliphatic rings. The number of halogens is 1. The van der Waals surface area contributed by atoms with E-state index in [1.165, 1.54) is 23.3 Å². The monoisotopic (exact) mass is 353 g/mol. The molecule has 0 atom stereocenters. The molecule has 0 bridgehead atoms. The maximum absolute atomic E-state index is 13.1. The first-order chi connectivity index (χ1) is 12.7. The fraction of sp³-hybridized carbons (Fsp3) is 0.286. The highest BCUT2D eigenvalue weighted by atomic mass is 19.1. The van der Waals surface area contributed by atoms with E-state index in [4.69, 9.17) is 0 Å². The van der Waals surface area contributed by atoms with Crippen LogP contribution >= 0.6 is 0 Å². The summed E-state index contributed by atoms with van der Waals surface area (Å²) >= 11 is 0. The fourth-order valence-corrected chi connectivity index (χ4v) is 3.02. The lowest BCUT2D eigenvalue weighted by molar-refractivity contribution is 0.212. The van der Waals surface area contributed by atoms with Crippen molar-refractivity contribution in [2.45, 2.75) is 26.4 Å². The third-order valence-corrected chi connectivity index (χ3v) is 4.44. The minimum Gasteiger partial charge on any atom is -0.396 e. The van der Waals surface area contributed by atoms with Crippen LogP contribution in [0.25, 0.3) is 5.69 Å². The Morgan fingerprint density at radius 3 is 2.58 bits per heavy atom. The van der Waals surface area contributed by atoms with Gasteiger partial charge in [-0.25, -0.2) is 9.07 Å². The van der Waals surface area contributed by atoms with Gasteiger partial charge in [-0.2, -0.15) is 5.10 Å². The van der Waals surface area contributed by atoms with E-state index >= 15 is 0 Å². The molecule has 2 aromatic carbocycles. The van der Waals surface area contributed by atoms with Crippen molar-refractivity contribution in [3.63, 3.8) is 0 Å². The highest BCUT2D eigenvalue weighted by Crippen LogP contribution is 2.18. The molecule has 26 heavy (non-hydrogen) atoms. The SMILES string of the molecule is Cc1cc(-n2cccn2)ccc1CN(CCCO)Cc1ccc(F)cc1. The number of aryl methyl sites for hydroxylation is 1. The zero-order chi connectivity index (χ0) is 18.4. The lowest BCUT2D eigenvalue weighted by Crippen LogP contribution is -2.25. The summed E-state index contributed by atoms with van der Waals surface area (Å²) in [5.41, 5.74) is 4.54. The Morgan fingerprint density at radius 1 is 1.12 bits per heavy atom. The summed E-state index contributed by atoms with van der Waals surface area (Å²) < 4.78 is 15.0. The highest BCUT2D eigenvalue weighted by molar-refractivity contribution is 5.39. The molecular weight excluding hydrogens is 329 g/mol. The Bertz CT molecular complexity index is 816. The number of aliphatic hydroxyl groups is 1. The van der Waals surface area contributed by atoms with Gasteiger partial charge in [-0.05, 0) is 60.4 Å². The van der Waals surface area contributed by atoms with E-state index in [1.54, 1.807) is 6.20 Å². The molecular formula is C21H24FN3O. The third-order valence-electron chi connectivity index (χ3n) is 4.44. The van der Waals surface area contributed by atoms with Crippen molar-refractivity contribution >= 4 is 0 Å². The van der Waals surface area contributed by atoms with Crippen molar-refractivity contribution in [1.29, 1.82) is 0 Å². The standard InChI is InChI=1S/C21H24FN3O/c1-17-14-21(25-12-2-10-23-25)9-6-19(17)16-24(11-3-13-26)15-18-4-7-20(22)8-5-18/h2,4-10,12,14,26H,3,11,13,15-16H2,1H3. The van der Waals surface area contributed by atoms with Crippen LogP contribution in [0, 0.1) is 12.7 Å². The van der Waals surface area contributed by atoms with Gasteiger partial charge in [0, 0.05) is 38.6 Å². The summed E-state index contributed by atoms with van der Waals surface area (Å²) in [6.07, 6.45) is 4.41. The summed E-state index contributed by atoms with van der Waals surface area (Å²) in [5.74, 6) is -0.222. The summed E-state index contributed by atoms with van der Waals surface area (Å²) in [7, 11) is 0. The summed E-state index contributed by atoms with van der Waals surface area (Å²) in [6, 6.07) is 14.8. The highest BCUT2D eigenvalue weighted by Gasteiger charge is 2.10. The van der Waals surface area contributed by atoms with Gasteiger partial charge in [0.25, 0.3) is 0 Å². The largest absolute Gasteiger partial charge is 0.396 e. The molecule has 0 amide bonds. The summed E-state index contributed by atoms with van der Waals surface area (Å²) in [5, 5.41) is 13.5. The van der Waals surface area contributed by atoms with E-state index in [1.807, 2.05) is 29.1 Å². The van der Waals surface area contributed by atoms with Crippen LogP contribution in [0.1, 0.15) is 23.1 Å². The van der Waals surface area contributed by atoms with Crippen molar-refractivity contribution in [3.05, 3.63) is 83.4 Å². The maximum atomic E-state index is 13.1. The Hall–Kier alpha value is -2.50. The number of hydrogen-bond acceptors (Lipinski definition) is 3. The van der Waals surface area contributed by atoms with E-state index < -0.39 is 0 Å². The lowest BCUT2D eigenvalue weighted by atomic mass is 10.1. The summed E-state index contributed by atoms with van der Waals surface area (Å²) in [6.45, 7) is 4.55. The molecule has 0 radical (unpaired) electrons. The summed E-state index contributed by atoms with van der Waals surface area (Å²) in [4.78, 5) is 2.28. The van der Waals surface area contributed by atoms with Gasteiger partial charge in [-0.3, -0.25) is 4.90 Å². The Morgan fingerprint density at radius 2 is 1.92 bits per heavy atom. The van der Waals surface area contributed by atoms with Crippen LogP contribution in [0.4, 0.5) is 4.39 Å². The lowest BCUT2D eigenvalue weighted by Gasteiger charge is -2.23. The van der Waals surface area contributed by atoms with Crippen molar-refractivity contribution in [1.82, 2.24) is 14.7 Å². The Balaban J connectivity index is 1.74. The van der Waals surface area contributed by atoms with Crippen LogP contribution in [0.15, 0.2) is 60.9 Å². The second-order valence-corrected chi connectivity index (χ2v) is 6.48. The predicted molar refractivity (Wildman–Crippen MR) is 101 cm³/mol. The van der Waals surface area contributed by atoms with Crippen LogP contribution < -0.4 is 0 Å². The van der Waals surface area contributed by atoms with Crippen molar-refractivity contribution < 1.29 is 9.50 Å². The smallest absolute Gasteiger partial charge is 0.123 e. The van der Waals surface area contributed by atoms with Gasteiger partial charge in [0.1, 0.15) is 5.82 Å². The Kier molecular flexibility index (Phi) is 6.15. The van der Waals surface area contributed by atoms with Crippen molar-refractivity contribution in [2.75, 3.05) is 13.2 Å². The van der Waals surface area contributed by atoms with Crippen LogP contribution in [-0.2, 0) is 13.1 Å². The van der Waals surface area contributed by atoms with E-state index in [9.17, 15) is 9.50 Å². The van der Waals surface area contributed by atoms with Crippen LogP contribution in [0.2, 0.25) is 0 Å². The predicted octanol–water partition coefficient (Wildman–Crippen LogP) is 3.70. The average Bonchev–Trinajstić information content (AvgIpc) is 3.18. The van der Waals surface area contributed by atoms with Gasteiger partial charge >= 0.3 is 0 Å². The molecule has 1 aromatic heterocycles. The number of rotatable bonds is 8. The van der Waals surface area contributed by atoms with Gasteiger partial charge < -0.3 is 5.11 Å². The number of hydrogen-bond donors (Lipinski definition) is 1. The first-order valence-electron chi connectivity index (χ1n) is 8.83. The second-order valence-electron chi connectivity index (χ2n) is 6.48. The molecule has 0 fully saturated rings. The van der Waals surface area contributed by atoms with E-state index in [2.05, 4.69) is 35.1 Å². The van der Waals surface area contributed by atoms with Crippen LogP contribution in [0.3, 0.4) is 0 Å². The third kappa shape index (κ3) is 4.77. The first-order valence-corrected chi connectivity index (χ1v) is 8.83. The number of benzene rings is 2. The molecule has 0 aliphatic heterocycles. The van der Waals surface area contributed by atoms with E-state index in [0.717, 1.165) is 30.9 Å².